The van der Waals surface area contributed by atoms with Gasteiger partial charge in [0, 0.05) is 13.1 Å². The molecule has 9 nitrogen and oxygen atoms in total. The molecule has 0 aromatic rings. The van der Waals surface area contributed by atoms with Gasteiger partial charge in [0.05, 0.1) is 6.04 Å². The maximum Gasteiger partial charge on any atom is 0.418 e. The van der Waals surface area contributed by atoms with E-state index in [1.54, 1.807) is 0 Å². The smallest absolute Gasteiger partial charge is 0.354 e. The fourth-order valence-electron chi connectivity index (χ4n) is 3.68. The fraction of sp³-hybridized carbons (Fsp3) is 0.846. The van der Waals surface area contributed by atoms with E-state index in [-0.39, 0.29) is 12.5 Å². The maximum atomic E-state index is 12.3. The lowest BCUT2D eigenvalue weighted by Crippen LogP contribution is -2.50. The largest absolute Gasteiger partial charge is 0.418 e. The second-order valence-electron chi connectivity index (χ2n) is 6.41. The number of hydroxylamine groups is 2. The van der Waals surface area contributed by atoms with Crippen molar-refractivity contribution < 1.29 is 26.8 Å². The van der Waals surface area contributed by atoms with Gasteiger partial charge in [0.25, 0.3) is 0 Å². The highest BCUT2D eigenvalue weighted by atomic mass is 32.3. The predicted octanol–water partition coefficient (Wildman–Crippen LogP) is 0.296. The second kappa shape index (κ2) is 6.25. The Morgan fingerprint density at radius 3 is 2.61 bits per heavy atom. The highest BCUT2D eigenvalue weighted by Gasteiger charge is 2.49. The highest BCUT2D eigenvalue weighted by molar-refractivity contribution is 7.80. The lowest BCUT2D eigenvalue weighted by Gasteiger charge is -2.29. The van der Waals surface area contributed by atoms with Crippen LogP contribution in [0, 0.1) is 5.92 Å². The van der Waals surface area contributed by atoms with E-state index < -0.39 is 28.5 Å². The number of fused-ring (bicyclic) bond motifs is 2. The first-order valence-corrected chi connectivity index (χ1v) is 9.26. The van der Waals surface area contributed by atoms with Gasteiger partial charge < -0.3 is 10.2 Å². The molecule has 2 atom stereocenters. The van der Waals surface area contributed by atoms with Gasteiger partial charge in [-0.25, -0.2) is 4.79 Å². The molecule has 3 rings (SSSR count). The van der Waals surface area contributed by atoms with Crippen LogP contribution in [-0.2, 0) is 19.5 Å². The minimum atomic E-state index is -4.76. The summed E-state index contributed by atoms with van der Waals surface area (Å²) in [7, 11) is -4.76. The molecule has 2 heterocycles. The molecule has 1 saturated carbocycles. The van der Waals surface area contributed by atoms with E-state index in [1.165, 1.54) is 17.7 Å². The summed E-state index contributed by atoms with van der Waals surface area (Å²) in [6.07, 6.45) is 5.51. The Labute approximate surface area is 134 Å². The number of nitrogens with one attached hydrogen (secondary N) is 1. The van der Waals surface area contributed by atoms with Crippen molar-refractivity contribution in [3.63, 3.8) is 0 Å². The summed E-state index contributed by atoms with van der Waals surface area (Å²) in [5, 5.41) is 3.55. The molecule has 0 aromatic heterocycles. The molecule has 3 amide bonds. The Kier molecular flexibility index (Phi) is 4.47. The van der Waals surface area contributed by atoms with Crippen LogP contribution in [0.1, 0.15) is 38.5 Å². The zero-order valence-electron chi connectivity index (χ0n) is 12.7. The maximum absolute atomic E-state index is 12.3. The molecule has 0 unspecified atom stereocenters. The first-order valence-electron chi connectivity index (χ1n) is 7.89. The highest BCUT2D eigenvalue weighted by Crippen LogP contribution is 2.31. The normalized spacial score (nSPS) is 28.5. The van der Waals surface area contributed by atoms with Gasteiger partial charge in [-0.3, -0.25) is 9.35 Å². The molecule has 0 aromatic carbocycles. The molecule has 2 N–H and O–H groups in total. The van der Waals surface area contributed by atoms with Crippen molar-refractivity contribution in [3.05, 3.63) is 0 Å². The quantitative estimate of drug-likeness (QED) is 0.691. The molecule has 2 aliphatic heterocycles. The van der Waals surface area contributed by atoms with Gasteiger partial charge in [-0.2, -0.15) is 13.5 Å². The Bertz CT molecular complexity index is 589. The van der Waals surface area contributed by atoms with Crippen molar-refractivity contribution >= 4 is 22.3 Å². The summed E-state index contributed by atoms with van der Waals surface area (Å²) in [4.78, 5) is 25.9. The zero-order valence-corrected chi connectivity index (χ0v) is 13.5. The average Bonchev–Trinajstić information content (AvgIpc) is 3.08. The van der Waals surface area contributed by atoms with Crippen LogP contribution >= 0.6 is 0 Å². The number of carbonyl (C=O) groups excluding carboxylic acids is 2. The molecule has 1 aliphatic carbocycles. The summed E-state index contributed by atoms with van der Waals surface area (Å²) in [6, 6.07) is -1.79. The van der Waals surface area contributed by atoms with E-state index >= 15 is 0 Å². The first-order chi connectivity index (χ1) is 10.8. The molecule has 130 valence electrons. The van der Waals surface area contributed by atoms with E-state index in [4.69, 9.17) is 4.55 Å². The van der Waals surface area contributed by atoms with Gasteiger partial charge in [0.15, 0.2) is 0 Å². The van der Waals surface area contributed by atoms with Crippen molar-refractivity contribution in [2.75, 3.05) is 13.1 Å². The van der Waals surface area contributed by atoms with Crippen LogP contribution in [-0.4, -0.2) is 60.0 Å². The van der Waals surface area contributed by atoms with E-state index in [2.05, 4.69) is 9.60 Å². The summed E-state index contributed by atoms with van der Waals surface area (Å²) in [5.74, 6) is 0.293. The summed E-state index contributed by atoms with van der Waals surface area (Å²) in [5.41, 5.74) is 0. The van der Waals surface area contributed by atoms with E-state index in [9.17, 15) is 18.0 Å². The lowest BCUT2D eigenvalue weighted by molar-refractivity contribution is -0.126. The van der Waals surface area contributed by atoms with Crippen LogP contribution in [0.25, 0.3) is 0 Å². The van der Waals surface area contributed by atoms with Crippen LogP contribution in [0.2, 0.25) is 0 Å². The van der Waals surface area contributed by atoms with Crippen molar-refractivity contribution in [2.45, 2.75) is 50.6 Å². The molecule has 3 aliphatic rings. The van der Waals surface area contributed by atoms with Gasteiger partial charge in [-0.1, -0.05) is 12.8 Å². The number of rotatable bonds is 5. The number of piperidine rings is 1. The van der Waals surface area contributed by atoms with E-state index in [0.717, 1.165) is 12.8 Å². The van der Waals surface area contributed by atoms with Crippen LogP contribution in [0.3, 0.4) is 0 Å². The summed E-state index contributed by atoms with van der Waals surface area (Å²) < 4.78 is 34.7. The van der Waals surface area contributed by atoms with Crippen molar-refractivity contribution in [1.29, 1.82) is 0 Å². The second-order valence-corrected chi connectivity index (χ2v) is 7.41. The molecular formula is C13H21N3O6S. The van der Waals surface area contributed by atoms with Crippen molar-refractivity contribution in [3.8, 4) is 0 Å². The molecular weight excluding hydrogens is 326 g/mol. The monoisotopic (exact) mass is 347 g/mol. The standard InChI is InChI=1S/C13H21N3O6S/c17-12(14-7-9-3-1-2-4-9)11-6-5-10-8-15(11)13(18)16(10)22-23(19,20)21/h9-11H,1-8H2,(H,14,17)(H,19,20,21)/t10-,11+/m1/s1. The van der Waals surface area contributed by atoms with E-state index in [1.807, 2.05) is 0 Å². The molecule has 23 heavy (non-hydrogen) atoms. The topological polar surface area (TPSA) is 116 Å². The number of hydrogen-bond acceptors (Lipinski definition) is 5. The number of amides is 3. The van der Waals surface area contributed by atoms with Gasteiger partial charge in [-0.15, -0.1) is 4.28 Å². The first kappa shape index (κ1) is 16.5. The van der Waals surface area contributed by atoms with Crippen molar-refractivity contribution in [1.82, 2.24) is 15.3 Å². The third-order valence-electron chi connectivity index (χ3n) is 4.84. The minimum Gasteiger partial charge on any atom is -0.354 e. The number of carbonyl (C=O) groups is 2. The Morgan fingerprint density at radius 1 is 1.26 bits per heavy atom. The van der Waals surface area contributed by atoms with Gasteiger partial charge >= 0.3 is 16.4 Å². The third kappa shape index (κ3) is 3.59. The fourth-order valence-corrected chi connectivity index (χ4v) is 4.07. The summed E-state index contributed by atoms with van der Waals surface area (Å²) in [6.45, 7) is 0.835. The van der Waals surface area contributed by atoms with Crippen molar-refractivity contribution in [2.24, 2.45) is 5.92 Å². The predicted molar refractivity (Wildman–Crippen MR) is 78.4 cm³/mol. The number of hydrogen-bond donors (Lipinski definition) is 2. The van der Waals surface area contributed by atoms with Crippen LogP contribution in [0.4, 0.5) is 4.79 Å². The van der Waals surface area contributed by atoms with Crippen LogP contribution < -0.4 is 5.32 Å². The van der Waals surface area contributed by atoms with Gasteiger partial charge in [0.2, 0.25) is 5.91 Å². The minimum absolute atomic E-state index is 0.211. The lowest BCUT2D eigenvalue weighted by atomic mass is 10.00. The van der Waals surface area contributed by atoms with Crippen LogP contribution in [0.15, 0.2) is 0 Å². The average molecular weight is 347 g/mol. The summed E-state index contributed by atoms with van der Waals surface area (Å²) >= 11 is 0. The Morgan fingerprint density at radius 2 is 1.96 bits per heavy atom. The Balaban J connectivity index is 1.60. The molecule has 2 saturated heterocycles. The SMILES string of the molecule is O=C(NCC1CCCC1)[C@@H]1CC[C@@H]2CN1C(=O)N2OS(=O)(=O)O. The molecule has 10 heteroatoms. The molecule has 0 radical (unpaired) electrons. The van der Waals surface area contributed by atoms with Gasteiger partial charge in [-0.05, 0) is 31.6 Å². The Hall–Kier alpha value is -1.39. The number of nitrogens with zero attached hydrogens (tertiary/aromatic N) is 2. The zero-order chi connectivity index (χ0) is 16.6. The number of urea groups is 1. The molecule has 0 spiro atoms. The third-order valence-corrected chi connectivity index (χ3v) is 5.19. The molecule has 3 fully saturated rings. The van der Waals surface area contributed by atoms with Crippen LogP contribution in [0.5, 0.6) is 0 Å². The van der Waals surface area contributed by atoms with Gasteiger partial charge in [0.1, 0.15) is 6.04 Å². The molecule has 2 bridgehead atoms. The van der Waals surface area contributed by atoms with E-state index in [0.29, 0.717) is 30.4 Å².